The van der Waals surface area contributed by atoms with Gasteiger partial charge in [0.25, 0.3) is 5.91 Å². The molecule has 1 fully saturated rings. The molecule has 2 aromatic heterocycles. The van der Waals surface area contributed by atoms with E-state index in [4.69, 9.17) is 0 Å². The number of nitrogens with zero attached hydrogens (tertiary/aromatic N) is 2. The highest BCUT2D eigenvalue weighted by atomic mass is 32.1. The Balaban J connectivity index is 1.44. The van der Waals surface area contributed by atoms with Crippen LogP contribution in [0.4, 0.5) is 0 Å². The maximum atomic E-state index is 12.5. The molecule has 0 unspecified atom stereocenters. The molecular formula is C18H19N3OS. The fourth-order valence-electron chi connectivity index (χ4n) is 3.66. The maximum Gasteiger partial charge on any atom is 0.263 e. The van der Waals surface area contributed by atoms with Crippen LogP contribution < -0.4 is 5.32 Å². The smallest absolute Gasteiger partial charge is 0.263 e. The first kappa shape index (κ1) is 14.6. The minimum absolute atomic E-state index is 0.00654. The summed E-state index contributed by atoms with van der Waals surface area (Å²) < 4.78 is 0. The first-order valence-corrected chi connectivity index (χ1v) is 8.86. The summed E-state index contributed by atoms with van der Waals surface area (Å²) in [5, 5.41) is 3.99. The van der Waals surface area contributed by atoms with Gasteiger partial charge in [0.05, 0.1) is 5.69 Å². The summed E-state index contributed by atoms with van der Waals surface area (Å²) >= 11 is 1.45. The molecule has 1 N–H and O–H groups in total. The van der Waals surface area contributed by atoms with E-state index in [0.717, 1.165) is 33.6 Å². The average molecular weight is 325 g/mol. The number of aromatic nitrogens is 2. The van der Waals surface area contributed by atoms with Crippen molar-refractivity contribution in [3.8, 4) is 10.6 Å². The van der Waals surface area contributed by atoms with E-state index in [0.29, 0.717) is 11.8 Å². The van der Waals surface area contributed by atoms with Gasteiger partial charge in [-0.05, 0) is 49.7 Å². The fraction of sp³-hybridized carbons (Fsp3) is 0.389. The van der Waals surface area contributed by atoms with Crippen LogP contribution in [0.15, 0.2) is 36.7 Å². The number of allylic oxidation sites excluding steroid dienone is 2. The van der Waals surface area contributed by atoms with E-state index in [-0.39, 0.29) is 5.91 Å². The second-order valence-corrected chi connectivity index (χ2v) is 7.42. The van der Waals surface area contributed by atoms with Crippen LogP contribution in [0.1, 0.15) is 28.2 Å². The second kappa shape index (κ2) is 5.89. The summed E-state index contributed by atoms with van der Waals surface area (Å²) in [6.07, 6.45) is 10.6. The number of aryl methyl sites for hydroxylation is 1. The molecular weight excluding hydrogens is 306 g/mol. The molecule has 2 aliphatic carbocycles. The van der Waals surface area contributed by atoms with Crippen molar-refractivity contribution in [2.75, 3.05) is 6.54 Å². The van der Waals surface area contributed by atoms with Crippen LogP contribution >= 0.6 is 11.3 Å². The number of rotatable bonds is 4. The van der Waals surface area contributed by atoms with Crippen molar-refractivity contribution < 1.29 is 4.79 Å². The number of carbonyl (C=O) groups is 1. The highest BCUT2D eigenvalue weighted by Crippen LogP contribution is 2.43. The molecule has 2 aliphatic rings. The van der Waals surface area contributed by atoms with Gasteiger partial charge in [0.2, 0.25) is 0 Å². The van der Waals surface area contributed by atoms with Crippen molar-refractivity contribution >= 4 is 17.2 Å². The third-order valence-electron chi connectivity index (χ3n) is 4.87. The van der Waals surface area contributed by atoms with Gasteiger partial charge in [0, 0.05) is 24.5 Å². The van der Waals surface area contributed by atoms with Crippen molar-refractivity contribution in [2.24, 2.45) is 17.8 Å². The van der Waals surface area contributed by atoms with Gasteiger partial charge >= 0.3 is 0 Å². The molecule has 5 heteroatoms. The quantitative estimate of drug-likeness (QED) is 0.876. The molecule has 3 atom stereocenters. The molecule has 4 nitrogen and oxygen atoms in total. The molecule has 2 aromatic rings. The molecule has 0 saturated heterocycles. The second-order valence-electron chi connectivity index (χ2n) is 6.42. The molecule has 1 saturated carbocycles. The van der Waals surface area contributed by atoms with E-state index in [2.05, 4.69) is 27.4 Å². The molecule has 23 heavy (non-hydrogen) atoms. The Morgan fingerprint density at radius 3 is 2.83 bits per heavy atom. The zero-order chi connectivity index (χ0) is 15.8. The van der Waals surface area contributed by atoms with Gasteiger partial charge in [0.1, 0.15) is 9.88 Å². The lowest BCUT2D eigenvalue weighted by Crippen LogP contribution is -2.30. The fourth-order valence-corrected chi connectivity index (χ4v) is 4.65. The van der Waals surface area contributed by atoms with Crippen molar-refractivity contribution in [2.45, 2.75) is 19.8 Å². The van der Waals surface area contributed by atoms with E-state index in [1.54, 1.807) is 12.4 Å². The SMILES string of the molecule is Cc1nc(-c2ccncc2)sc1C(=O)NC[C@H]1C[C@H]2C=C[C@H]1C2. The van der Waals surface area contributed by atoms with E-state index in [1.807, 2.05) is 19.1 Å². The maximum absolute atomic E-state index is 12.5. The minimum Gasteiger partial charge on any atom is -0.351 e. The van der Waals surface area contributed by atoms with Gasteiger partial charge in [-0.2, -0.15) is 0 Å². The third-order valence-corrected chi connectivity index (χ3v) is 6.08. The first-order chi connectivity index (χ1) is 11.2. The van der Waals surface area contributed by atoms with Gasteiger partial charge in [0.15, 0.2) is 0 Å². The molecule has 4 rings (SSSR count). The summed E-state index contributed by atoms with van der Waals surface area (Å²) in [5.74, 6) is 2.01. The zero-order valence-electron chi connectivity index (χ0n) is 13.0. The summed E-state index contributed by atoms with van der Waals surface area (Å²) in [4.78, 5) is 21.8. The molecule has 1 amide bonds. The lowest BCUT2D eigenvalue weighted by atomic mass is 9.93. The number of hydrogen-bond acceptors (Lipinski definition) is 4. The predicted octanol–water partition coefficient (Wildman–Crippen LogP) is 3.46. The van der Waals surface area contributed by atoms with Gasteiger partial charge in [-0.1, -0.05) is 12.2 Å². The lowest BCUT2D eigenvalue weighted by Gasteiger charge is -2.18. The molecule has 2 heterocycles. The average Bonchev–Trinajstić information content (AvgIpc) is 3.28. The molecule has 0 spiro atoms. The molecule has 2 bridgehead atoms. The number of fused-ring (bicyclic) bond motifs is 2. The Labute approximate surface area is 139 Å². The van der Waals surface area contributed by atoms with Crippen molar-refractivity contribution in [1.29, 1.82) is 0 Å². The predicted molar refractivity (Wildman–Crippen MR) is 91.3 cm³/mol. The largest absolute Gasteiger partial charge is 0.351 e. The molecule has 0 radical (unpaired) electrons. The van der Waals surface area contributed by atoms with Crippen LogP contribution in [-0.4, -0.2) is 22.4 Å². The number of pyridine rings is 1. The number of carbonyl (C=O) groups excluding carboxylic acids is 1. The Hall–Kier alpha value is -2.01. The molecule has 0 aliphatic heterocycles. The Bertz CT molecular complexity index is 753. The van der Waals surface area contributed by atoms with Gasteiger partial charge in [-0.25, -0.2) is 4.98 Å². The van der Waals surface area contributed by atoms with Crippen LogP contribution in [0.2, 0.25) is 0 Å². The first-order valence-electron chi connectivity index (χ1n) is 8.05. The van der Waals surface area contributed by atoms with Crippen molar-refractivity contribution in [1.82, 2.24) is 15.3 Å². The lowest BCUT2D eigenvalue weighted by molar-refractivity contribution is 0.0948. The standard InChI is InChI=1S/C18H19N3OS/c1-11-16(23-18(21-11)13-4-6-19-7-5-13)17(22)20-10-15-9-12-2-3-14(15)8-12/h2-7,12,14-15H,8-10H2,1H3,(H,20,22)/t12-,14-,15+/m0/s1. The third kappa shape index (κ3) is 2.81. The molecule has 0 aromatic carbocycles. The van der Waals surface area contributed by atoms with Crippen LogP contribution in [0, 0.1) is 24.7 Å². The molecule has 118 valence electrons. The Kier molecular flexibility index (Phi) is 3.73. The van der Waals surface area contributed by atoms with Crippen LogP contribution in [0.25, 0.3) is 10.6 Å². The van der Waals surface area contributed by atoms with Gasteiger partial charge in [-0.3, -0.25) is 9.78 Å². The van der Waals surface area contributed by atoms with E-state index in [1.165, 1.54) is 24.2 Å². The number of hydrogen-bond donors (Lipinski definition) is 1. The highest BCUT2D eigenvalue weighted by molar-refractivity contribution is 7.17. The van der Waals surface area contributed by atoms with Crippen LogP contribution in [0.3, 0.4) is 0 Å². The summed E-state index contributed by atoms with van der Waals surface area (Å²) in [6.45, 7) is 2.67. The number of thiazole rings is 1. The van der Waals surface area contributed by atoms with Crippen LogP contribution in [-0.2, 0) is 0 Å². The van der Waals surface area contributed by atoms with Crippen LogP contribution in [0.5, 0.6) is 0 Å². The highest BCUT2D eigenvalue weighted by Gasteiger charge is 2.35. The monoisotopic (exact) mass is 325 g/mol. The Morgan fingerprint density at radius 1 is 1.30 bits per heavy atom. The summed E-state index contributed by atoms with van der Waals surface area (Å²) in [5.41, 5.74) is 1.80. The van der Waals surface area contributed by atoms with Gasteiger partial charge in [-0.15, -0.1) is 11.3 Å². The number of amides is 1. The zero-order valence-corrected chi connectivity index (χ0v) is 13.8. The topological polar surface area (TPSA) is 54.9 Å². The normalized spacial score (nSPS) is 25.0. The minimum atomic E-state index is 0.00654. The number of nitrogens with one attached hydrogen (secondary N) is 1. The van der Waals surface area contributed by atoms with Crippen molar-refractivity contribution in [3.05, 3.63) is 47.2 Å². The van der Waals surface area contributed by atoms with Crippen molar-refractivity contribution in [3.63, 3.8) is 0 Å². The van der Waals surface area contributed by atoms with E-state index >= 15 is 0 Å². The summed E-state index contributed by atoms with van der Waals surface area (Å²) in [7, 11) is 0. The Morgan fingerprint density at radius 2 is 2.13 bits per heavy atom. The van der Waals surface area contributed by atoms with E-state index in [9.17, 15) is 4.79 Å². The van der Waals surface area contributed by atoms with E-state index < -0.39 is 0 Å². The van der Waals surface area contributed by atoms with Gasteiger partial charge < -0.3 is 5.32 Å². The summed E-state index contributed by atoms with van der Waals surface area (Å²) in [6, 6.07) is 3.84.